The number of anilines is 1. The van der Waals surface area contributed by atoms with Crippen LogP contribution in [0.5, 0.6) is 0 Å². The molecule has 5 heteroatoms. The minimum atomic E-state index is -1.01. The van der Waals surface area contributed by atoms with Crippen molar-refractivity contribution in [1.82, 2.24) is 0 Å². The van der Waals surface area contributed by atoms with E-state index in [0.29, 0.717) is 4.88 Å². The molecule has 1 aromatic heterocycles. The summed E-state index contributed by atoms with van der Waals surface area (Å²) in [6, 6.07) is 10.9. The van der Waals surface area contributed by atoms with E-state index in [0.717, 1.165) is 22.2 Å². The summed E-state index contributed by atoms with van der Waals surface area (Å²) in [7, 11) is 0. The summed E-state index contributed by atoms with van der Waals surface area (Å²) in [6.07, 6.45) is 2.52. The maximum atomic E-state index is 12.1. The lowest BCUT2D eigenvalue weighted by Gasteiger charge is -2.06. The number of hydrogen-bond acceptors (Lipinski definition) is 3. The number of para-hydroxylation sites is 1. The number of rotatable bonds is 4. The average Bonchev–Trinajstić information content (AvgIpc) is 2.88. The molecule has 0 unspecified atom stereocenters. The Morgan fingerprint density at radius 2 is 1.95 bits per heavy atom. The highest BCUT2D eigenvalue weighted by molar-refractivity contribution is 7.15. The number of nitrogens with one attached hydrogen (secondary N) is 1. The van der Waals surface area contributed by atoms with Gasteiger partial charge in [-0.15, -0.1) is 11.3 Å². The van der Waals surface area contributed by atoms with Crippen LogP contribution in [0.15, 0.2) is 42.5 Å². The average molecular weight is 287 g/mol. The third-order valence-electron chi connectivity index (χ3n) is 2.63. The molecule has 20 heavy (non-hydrogen) atoms. The lowest BCUT2D eigenvalue weighted by molar-refractivity contribution is -0.131. The summed E-state index contributed by atoms with van der Waals surface area (Å²) < 4.78 is 0. The summed E-state index contributed by atoms with van der Waals surface area (Å²) >= 11 is 1.25. The molecule has 0 bridgehead atoms. The molecule has 0 spiro atoms. The molecule has 0 saturated heterocycles. The van der Waals surface area contributed by atoms with Crippen LogP contribution < -0.4 is 5.32 Å². The number of amides is 1. The predicted molar refractivity (Wildman–Crippen MR) is 80.1 cm³/mol. The van der Waals surface area contributed by atoms with Crippen LogP contribution in [0.1, 0.15) is 20.1 Å². The first-order chi connectivity index (χ1) is 9.56. The SMILES string of the molecule is Cc1ccccc1NC(=O)c1ccc(C=CC(=O)O)s1. The second kappa shape index (κ2) is 6.16. The second-order valence-corrected chi connectivity index (χ2v) is 5.26. The highest BCUT2D eigenvalue weighted by Crippen LogP contribution is 2.20. The van der Waals surface area contributed by atoms with Gasteiger partial charge >= 0.3 is 5.97 Å². The molecule has 0 aliphatic rings. The first-order valence-electron chi connectivity index (χ1n) is 5.94. The van der Waals surface area contributed by atoms with Gasteiger partial charge < -0.3 is 10.4 Å². The zero-order chi connectivity index (χ0) is 14.5. The van der Waals surface area contributed by atoms with Crippen LogP contribution in [-0.2, 0) is 4.79 Å². The Bertz CT molecular complexity index is 673. The predicted octanol–water partition coefficient (Wildman–Crippen LogP) is 3.41. The number of carboxylic acids is 1. The number of thiophene rings is 1. The molecule has 0 radical (unpaired) electrons. The van der Waals surface area contributed by atoms with Crippen molar-refractivity contribution in [3.05, 3.63) is 57.8 Å². The van der Waals surface area contributed by atoms with Gasteiger partial charge in [0.25, 0.3) is 5.91 Å². The Labute approximate surface area is 120 Å². The van der Waals surface area contributed by atoms with Gasteiger partial charge in [-0.05, 0) is 36.8 Å². The van der Waals surface area contributed by atoms with Crippen LogP contribution in [-0.4, -0.2) is 17.0 Å². The van der Waals surface area contributed by atoms with Crippen molar-refractivity contribution >= 4 is 35.0 Å². The number of aliphatic carboxylic acids is 1. The van der Waals surface area contributed by atoms with E-state index in [1.165, 1.54) is 17.4 Å². The van der Waals surface area contributed by atoms with Crippen LogP contribution in [0.3, 0.4) is 0 Å². The summed E-state index contributed by atoms with van der Waals surface area (Å²) in [5.74, 6) is -1.21. The number of carbonyl (C=O) groups excluding carboxylic acids is 1. The van der Waals surface area contributed by atoms with E-state index >= 15 is 0 Å². The van der Waals surface area contributed by atoms with E-state index in [9.17, 15) is 9.59 Å². The molecule has 0 atom stereocenters. The molecule has 4 nitrogen and oxygen atoms in total. The van der Waals surface area contributed by atoms with E-state index in [-0.39, 0.29) is 5.91 Å². The molecule has 2 rings (SSSR count). The minimum absolute atomic E-state index is 0.195. The van der Waals surface area contributed by atoms with Crippen molar-refractivity contribution < 1.29 is 14.7 Å². The molecule has 0 aliphatic heterocycles. The fraction of sp³-hybridized carbons (Fsp3) is 0.0667. The van der Waals surface area contributed by atoms with Crippen molar-refractivity contribution in [3.63, 3.8) is 0 Å². The topological polar surface area (TPSA) is 66.4 Å². The van der Waals surface area contributed by atoms with Crippen molar-refractivity contribution in [2.75, 3.05) is 5.32 Å². The third kappa shape index (κ3) is 3.55. The summed E-state index contributed by atoms with van der Waals surface area (Å²) in [4.78, 5) is 23.8. The van der Waals surface area contributed by atoms with E-state index in [4.69, 9.17) is 5.11 Å². The van der Waals surface area contributed by atoms with Gasteiger partial charge in [-0.25, -0.2) is 4.79 Å². The van der Waals surface area contributed by atoms with Gasteiger partial charge in [0.1, 0.15) is 0 Å². The van der Waals surface area contributed by atoms with Gasteiger partial charge in [0, 0.05) is 16.6 Å². The summed E-state index contributed by atoms with van der Waals surface area (Å²) in [6.45, 7) is 1.92. The molecular weight excluding hydrogens is 274 g/mol. The molecule has 0 fully saturated rings. The smallest absolute Gasteiger partial charge is 0.328 e. The number of benzene rings is 1. The molecule has 2 N–H and O–H groups in total. The molecule has 1 amide bonds. The Kier molecular flexibility index (Phi) is 4.32. The van der Waals surface area contributed by atoms with Crippen molar-refractivity contribution in [1.29, 1.82) is 0 Å². The zero-order valence-electron chi connectivity index (χ0n) is 10.8. The van der Waals surface area contributed by atoms with Crippen LogP contribution in [0.25, 0.3) is 6.08 Å². The number of carbonyl (C=O) groups is 2. The summed E-state index contributed by atoms with van der Waals surface area (Å²) in [5, 5.41) is 11.4. The van der Waals surface area contributed by atoms with Crippen LogP contribution in [0.2, 0.25) is 0 Å². The maximum absolute atomic E-state index is 12.1. The monoisotopic (exact) mass is 287 g/mol. The van der Waals surface area contributed by atoms with E-state index < -0.39 is 5.97 Å². The van der Waals surface area contributed by atoms with Crippen LogP contribution >= 0.6 is 11.3 Å². The Balaban J connectivity index is 2.10. The molecule has 1 heterocycles. The largest absolute Gasteiger partial charge is 0.478 e. The van der Waals surface area contributed by atoms with Crippen molar-refractivity contribution in [2.45, 2.75) is 6.92 Å². The molecule has 1 aromatic carbocycles. The first kappa shape index (κ1) is 14.0. The van der Waals surface area contributed by atoms with Gasteiger partial charge in [0.05, 0.1) is 4.88 Å². The van der Waals surface area contributed by atoms with E-state index in [1.807, 2.05) is 31.2 Å². The third-order valence-corrected chi connectivity index (χ3v) is 3.68. The van der Waals surface area contributed by atoms with Gasteiger partial charge in [-0.3, -0.25) is 4.79 Å². The number of aryl methyl sites for hydroxylation is 1. The lowest BCUT2D eigenvalue weighted by atomic mass is 10.2. The lowest BCUT2D eigenvalue weighted by Crippen LogP contribution is -2.10. The molecule has 0 saturated carbocycles. The Hall–Kier alpha value is -2.40. The van der Waals surface area contributed by atoms with Gasteiger partial charge in [-0.1, -0.05) is 18.2 Å². The number of carboxylic acid groups (broad SMARTS) is 1. The highest BCUT2D eigenvalue weighted by Gasteiger charge is 2.09. The second-order valence-electron chi connectivity index (χ2n) is 4.14. The maximum Gasteiger partial charge on any atom is 0.328 e. The molecule has 2 aromatic rings. The molecular formula is C15H13NO3S. The van der Waals surface area contributed by atoms with Gasteiger partial charge in [0.15, 0.2) is 0 Å². The highest BCUT2D eigenvalue weighted by atomic mass is 32.1. The normalized spacial score (nSPS) is 10.7. The minimum Gasteiger partial charge on any atom is -0.478 e. The molecule has 0 aliphatic carbocycles. The van der Waals surface area contributed by atoms with E-state index in [1.54, 1.807) is 12.1 Å². The fourth-order valence-corrected chi connectivity index (χ4v) is 2.42. The van der Waals surface area contributed by atoms with Crippen molar-refractivity contribution in [2.24, 2.45) is 0 Å². The van der Waals surface area contributed by atoms with Gasteiger partial charge in [-0.2, -0.15) is 0 Å². The Morgan fingerprint density at radius 1 is 1.20 bits per heavy atom. The number of hydrogen-bond donors (Lipinski definition) is 2. The zero-order valence-corrected chi connectivity index (χ0v) is 11.6. The van der Waals surface area contributed by atoms with Crippen molar-refractivity contribution in [3.8, 4) is 0 Å². The summed E-state index contributed by atoms with van der Waals surface area (Å²) in [5.41, 5.74) is 1.76. The van der Waals surface area contributed by atoms with Gasteiger partial charge in [0.2, 0.25) is 0 Å². The standard InChI is InChI=1S/C15H13NO3S/c1-10-4-2-3-5-12(10)16-15(19)13-8-6-11(20-13)7-9-14(17)18/h2-9H,1H3,(H,16,19)(H,17,18). The Morgan fingerprint density at radius 3 is 2.65 bits per heavy atom. The van der Waals surface area contributed by atoms with Crippen LogP contribution in [0.4, 0.5) is 5.69 Å². The first-order valence-corrected chi connectivity index (χ1v) is 6.76. The van der Waals surface area contributed by atoms with E-state index in [2.05, 4.69) is 5.32 Å². The quantitative estimate of drug-likeness (QED) is 0.847. The molecule has 102 valence electrons. The van der Waals surface area contributed by atoms with Crippen LogP contribution in [0, 0.1) is 6.92 Å². The fourth-order valence-electron chi connectivity index (χ4n) is 1.61.